The number of piperidine rings is 1. The van der Waals surface area contributed by atoms with Crippen LogP contribution in [0.1, 0.15) is 26.2 Å². The Labute approximate surface area is 125 Å². The third kappa shape index (κ3) is 3.94. The Kier molecular flexibility index (Phi) is 4.57. The number of rotatable bonds is 4. The second kappa shape index (κ2) is 5.91. The number of nitrogens with two attached hydrogens (primary N) is 1. The Bertz CT molecular complexity index is 699. The predicted octanol–water partition coefficient (Wildman–Crippen LogP) is 0.865. The fourth-order valence-electron chi connectivity index (χ4n) is 2.35. The molecule has 1 fully saturated rings. The fourth-order valence-corrected chi connectivity index (χ4v) is 4.36. The van der Waals surface area contributed by atoms with Crippen molar-refractivity contribution in [1.29, 1.82) is 0 Å². The van der Waals surface area contributed by atoms with Crippen molar-refractivity contribution in [3.63, 3.8) is 0 Å². The zero-order valence-electron chi connectivity index (χ0n) is 11.7. The summed E-state index contributed by atoms with van der Waals surface area (Å²) in [5, 5.41) is 4.99. The Balaban J connectivity index is 2.17. The van der Waals surface area contributed by atoms with Crippen LogP contribution in [0.15, 0.2) is 29.2 Å². The number of hydrogen-bond acceptors (Lipinski definition) is 4. The van der Waals surface area contributed by atoms with Gasteiger partial charge in [0.05, 0.1) is 4.90 Å². The quantitative estimate of drug-likeness (QED) is 0.851. The summed E-state index contributed by atoms with van der Waals surface area (Å²) in [4.78, 5) is -0.0585. The van der Waals surface area contributed by atoms with Gasteiger partial charge in [0.2, 0.25) is 10.0 Å². The lowest BCUT2D eigenvalue weighted by Gasteiger charge is -2.32. The molecule has 2 rings (SSSR count). The zero-order valence-corrected chi connectivity index (χ0v) is 13.3. The molecule has 1 atom stereocenters. The lowest BCUT2D eigenvalue weighted by Crippen LogP contribution is -2.44. The molecule has 0 saturated carbocycles. The lowest BCUT2D eigenvalue weighted by molar-refractivity contribution is 0.270. The second-order valence-electron chi connectivity index (χ2n) is 5.13. The van der Waals surface area contributed by atoms with Gasteiger partial charge in [-0.05, 0) is 44.0 Å². The van der Waals surface area contributed by atoms with E-state index in [1.807, 2.05) is 6.92 Å². The molecule has 0 amide bonds. The first-order chi connectivity index (χ1) is 9.70. The van der Waals surface area contributed by atoms with E-state index in [0.29, 0.717) is 12.2 Å². The van der Waals surface area contributed by atoms with Crippen LogP contribution in [0.5, 0.6) is 0 Å². The van der Waals surface area contributed by atoms with E-state index in [0.717, 1.165) is 19.3 Å². The normalized spacial score (nSPS) is 21.1. The highest BCUT2D eigenvalue weighted by Gasteiger charge is 2.29. The van der Waals surface area contributed by atoms with Gasteiger partial charge in [-0.3, -0.25) is 4.72 Å². The summed E-state index contributed by atoms with van der Waals surface area (Å²) in [6.45, 7) is 2.37. The average Bonchev–Trinajstić information content (AvgIpc) is 2.38. The second-order valence-corrected chi connectivity index (χ2v) is 8.32. The number of primary sulfonamides is 1. The number of sulfonamides is 1. The highest BCUT2D eigenvalue weighted by Crippen LogP contribution is 2.22. The maximum absolute atomic E-state index is 12.3. The number of benzene rings is 1. The first-order valence-electron chi connectivity index (χ1n) is 6.62. The number of anilines is 1. The summed E-state index contributed by atoms with van der Waals surface area (Å²) in [5.74, 6) is 0. The first-order valence-corrected chi connectivity index (χ1v) is 9.61. The van der Waals surface area contributed by atoms with Crippen molar-refractivity contribution in [2.75, 3.05) is 11.3 Å². The van der Waals surface area contributed by atoms with Gasteiger partial charge in [0, 0.05) is 18.3 Å². The van der Waals surface area contributed by atoms with Crippen LogP contribution in [0.2, 0.25) is 0 Å². The molecule has 0 spiro atoms. The number of nitrogens with zero attached hydrogens (tertiary/aromatic N) is 1. The largest absolute Gasteiger partial charge is 0.301 e. The molecular formula is C12H19N3O4S2. The van der Waals surface area contributed by atoms with Gasteiger partial charge in [-0.15, -0.1) is 0 Å². The smallest absolute Gasteiger partial charge is 0.271 e. The first kappa shape index (κ1) is 16.2. The van der Waals surface area contributed by atoms with Crippen molar-refractivity contribution in [2.45, 2.75) is 37.1 Å². The van der Waals surface area contributed by atoms with Gasteiger partial charge in [0.25, 0.3) is 0 Å². The minimum atomic E-state index is -3.78. The summed E-state index contributed by atoms with van der Waals surface area (Å²) >= 11 is 0. The summed E-state index contributed by atoms with van der Waals surface area (Å²) in [6, 6.07) is 5.26. The zero-order chi connectivity index (χ0) is 15.7. The Morgan fingerprint density at radius 1 is 1.14 bits per heavy atom. The molecule has 1 aliphatic rings. The minimum Gasteiger partial charge on any atom is -0.271 e. The number of nitrogens with one attached hydrogen (secondary N) is 1. The Hall–Kier alpha value is -1.16. The molecule has 0 aliphatic carbocycles. The van der Waals surface area contributed by atoms with Crippen molar-refractivity contribution >= 4 is 25.9 Å². The van der Waals surface area contributed by atoms with E-state index in [2.05, 4.69) is 4.72 Å². The van der Waals surface area contributed by atoms with Gasteiger partial charge in [-0.1, -0.05) is 6.42 Å². The van der Waals surface area contributed by atoms with E-state index < -0.39 is 20.2 Å². The van der Waals surface area contributed by atoms with Crippen LogP contribution in [0.4, 0.5) is 5.69 Å². The van der Waals surface area contributed by atoms with E-state index in [9.17, 15) is 16.8 Å². The Morgan fingerprint density at radius 3 is 2.29 bits per heavy atom. The predicted molar refractivity (Wildman–Crippen MR) is 80.4 cm³/mol. The van der Waals surface area contributed by atoms with Crippen molar-refractivity contribution in [3.05, 3.63) is 24.3 Å². The molecule has 0 radical (unpaired) electrons. The Morgan fingerprint density at radius 2 is 1.76 bits per heavy atom. The molecular weight excluding hydrogens is 314 g/mol. The summed E-state index contributed by atoms with van der Waals surface area (Å²) in [7, 11) is -7.41. The molecule has 118 valence electrons. The topological polar surface area (TPSA) is 110 Å². The van der Waals surface area contributed by atoms with Crippen molar-refractivity contribution < 1.29 is 16.8 Å². The molecule has 0 bridgehead atoms. The molecule has 21 heavy (non-hydrogen) atoms. The molecule has 1 aromatic rings. The molecule has 1 aromatic carbocycles. The van der Waals surface area contributed by atoms with Crippen LogP contribution in [0.3, 0.4) is 0 Å². The molecule has 0 aromatic heterocycles. The van der Waals surface area contributed by atoms with E-state index in [1.165, 1.54) is 28.6 Å². The van der Waals surface area contributed by atoms with Crippen molar-refractivity contribution in [1.82, 2.24) is 4.31 Å². The third-order valence-electron chi connectivity index (χ3n) is 3.48. The van der Waals surface area contributed by atoms with Crippen LogP contribution in [0, 0.1) is 0 Å². The molecule has 1 heterocycles. The molecule has 1 saturated heterocycles. The maximum Gasteiger partial charge on any atom is 0.301 e. The molecule has 3 N–H and O–H groups in total. The standard InChI is InChI=1S/C12H19N3O4S2/c1-10-4-2-3-9-15(10)21(18,19)14-11-5-7-12(8-6-11)20(13,16)17/h5-8,10,14H,2-4,9H2,1H3,(H2,13,16,17). The van der Waals surface area contributed by atoms with Crippen LogP contribution in [-0.4, -0.2) is 33.7 Å². The highest BCUT2D eigenvalue weighted by molar-refractivity contribution is 7.90. The van der Waals surface area contributed by atoms with E-state index in [1.54, 1.807) is 0 Å². The molecule has 7 nitrogen and oxygen atoms in total. The fraction of sp³-hybridized carbons (Fsp3) is 0.500. The van der Waals surface area contributed by atoms with Crippen LogP contribution in [-0.2, 0) is 20.2 Å². The molecule has 1 unspecified atom stereocenters. The van der Waals surface area contributed by atoms with Crippen molar-refractivity contribution in [2.24, 2.45) is 5.14 Å². The number of hydrogen-bond donors (Lipinski definition) is 2. The minimum absolute atomic E-state index is 0.0417. The summed E-state index contributed by atoms with van der Waals surface area (Å²) in [5.41, 5.74) is 0.306. The average molecular weight is 333 g/mol. The molecule has 9 heteroatoms. The summed E-state index contributed by atoms with van der Waals surface area (Å²) < 4.78 is 50.8. The molecule has 1 aliphatic heterocycles. The van der Waals surface area contributed by atoms with Crippen LogP contribution < -0.4 is 9.86 Å². The van der Waals surface area contributed by atoms with E-state index in [4.69, 9.17) is 5.14 Å². The van der Waals surface area contributed by atoms with Gasteiger partial charge in [0.15, 0.2) is 0 Å². The van der Waals surface area contributed by atoms with Gasteiger partial charge < -0.3 is 0 Å². The summed E-state index contributed by atoms with van der Waals surface area (Å²) in [6.07, 6.45) is 2.71. The SMILES string of the molecule is CC1CCCCN1S(=O)(=O)Nc1ccc(S(N)(=O)=O)cc1. The van der Waals surface area contributed by atoms with E-state index in [-0.39, 0.29) is 10.9 Å². The van der Waals surface area contributed by atoms with E-state index >= 15 is 0 Å². The van der Waals surface area contributed by atoms with Crippen molar-refractivity contribution in [3.8, 4) is 0 Å². The van der Waals surface area contributed by atoms with Crippen LogP contribution in [0.25, 0.3) is 0 Å². The maximum atomic E-state index is 12.3. The third-order valence-corrected chi connectivity index (χ3v) is 6.06. The van der Waals surface area contributed by atoms with Gasteiger partial charge >= 0.3 is 10.2 Å². The highest BCUT2D eigenvalue weighted by atomic mass is 32.2. The monoisotopic (exact) mass is 333 g/mol. The van der Waals surface area contributed by atoms with Gasteiger partial charge in [-0.25, -0.2) is 13.6 Å². The lowest BCUT2D eigenvalue weighted by atomic mass is 10.1. The van der Waals surface area contributed by atoms with Gasteiger partial charge in [0.1, 0.15) is 0 Å². The van der Waals surface area contributed by atoms with Gasteiger partial charge in [-0.2, -0.15) is 12.7 Å². The van der Waals surface area contributed by atoms with Crippen LogP contribution >= 0.6 is 0 Å².